The van der Waals surface area contributed by atoms with Gasteiger partial charge in [0.1, 0.15) is 24.7 Å². The van der Waals surface area contributed by atoms with Crippen molar-refractivity contribution in [2.75, 3.05) is 26.3 Å². The Hall–Kier alpha value is -2.54. The molecular formula is C27H34ClN3O3. The number of ether oxygens (including phenoxy) is 2. The van der Waals surface area contributed by atoms with Crippen LogP contribution in [0, 0.1) is 13.8 Å². The van der Waals surface area contributed by atoms with E-state index in [1.54, 1.807) is 17.1 Å². The monoisotopic (exact) mass is 483 g/mol. The average molecular weight is 484 g/mol. The van der Waals surface area contributed by atoms with Gasteiger partial charge in [0, 0.05) is 19.3 Å². The molecule has 0 aliphatic carbocycles. The predicted molar refractivity (Wildman–Crippen MR) is 135 cm³/mol. The highest BCUT2D eigenvalue weighted by molar-refractivity contribution is 6.30. The van der Waals surface area contributed by atoms with Crippen molar-refractivity contribution in [3.63, 3.8) is 0 Å². The molecule has 182 valence electrons. The smallest absolute Gasteiger partial charge is 0.122 e. The Morgan fingerprint density at radius 3 is 2.62 bits per heavy atom. The fourth-order valence-electron chi connectivity index (χ4n) is 4.38. The third-order valence-electron chi connectivity index (χ3n) is 6.36. The minimum Gasteiger partial charge on any atom is -0.492 e. The van der Waals surface area contributed by atoms with Crippen molar-refractivity contribution < 1.29 is 14.6 Å². The van der Waals surface area contributed by atoms with E-state index in [0.29, 0.717) is 31.2 Å². The molecule has 1 aromatic heterocycles. The number of rotatable bonds is 9. The van der Waals surface area contributed by atoms with Crippen LogP contribution in [0.15, 0.2) is 54.9 Å². The third-order valence-corrected chi connectivity index (χ3v) is 6.55. The summed E-state index contributed by atoms with van der Waals surface area (Å²) in [5.41, 5.74) is 2.77. The van der Waals surface area contributed by atoms with Crippen LogP contribution in [0.3, 0.4) is 0 Å². The lowest BCUT2D eigenvalue weighted by molar-refractivity contribution is -0.0170. The Bertz CT molecular complexity index is 1070. The molecule has 1 aliphatic rings. The summed E-state index contributed by atoms with van der Waals surface area (Å²) in [5, 5.41) is 15.9. The highest BCUT2D eigenvalue weighted by atomic mass is 35.5. The lowest BCUT2D eigenvalue weighted by Crippen LogP contribution is -2.37. The zero-order valence-electron chi connectivity index (χ0n) is 20.0. The Balaban J connectivity index is 1.23. The van der Waals surface area contributed by atoms with E-state index in [1.165, 1.54) is 11.1 Å². The van der Waals surface area contributed by atoms with Crippen molar-refractivity contribution in [2.45, 2.75) is 51.8 Å². The first-order valence-electron chi connectivity index (χ1n) is 11.9. The highest BCUT2D eigenvalue weighted by Crippen LogP contribution is 2.27. The van der Waals surface area contributed by atoms with Gasteiger partial charge in [0.05, 0.1) is 23.4 Å². The standard InChI is InChI=1S/C27H34ClN3O3/c1-21-4-9-26(22(2)16-21)34-20-27(32)10-3-12-30(13-11-27)18-23-5-7-25(8-6-23)33-15-14-31-19-24(28)17-29-31/h4-9,16-17,19,32H,3,10-15,18,20H2,1-2H3/t27-/m1/s1. The minimum absolute atomic E-state index is 0.335. The van der Waals surface area contributed by atoms with Gasteiger partial charge in [-0.2, -0.15) is 5.10 Å². The largest absolute Gasteiger partial charge is 0.492 e. The maximum atomic E-state index is 11.2. The fourth-order valence-corrected chi connectivity index (χ4v) is 4.53. The van der Waals surface area contributed by atoms with E-state index in [0.717, 1.165) is 49.5 Å². The second-order valence-electron chi connectivity index (χ2n) is 9.33. The zero-order valence-corrected chi connectivity index (χ0v) is 20.8. The molecule has 1 aliphatic heterocycles. The van der Waals surface area contributed by atoms with Crippen molar-refractivity contribution in [3.05, 3.63) is 76.6 Å². The SMILES string of the molecule is Cc1ccc(OC[C@@]2(O)CCCN(Cc3ccc(OCCn4cc(Cl)cn4)cc3)CC2)c(C)c1. The maximum Gasteiger partial charge on any atom is 0.122 e. The first-order chi connectivity index (χ1) is 16.4. The number of aliphatic hydroxyl groups is 1. The molecule has 1 fully saturated rings. The van der Waals surface area contributed by atoms with Crippen LogP contribution in [0.5, 0.6) is 11.5 Å². The summed E-state index contributed by atoms with van der Waals surface area (Å²) in [7, 11) is 0. The molecule has 0 saturated carbocycles. The number of nitrogens with zero attached hydrogens (tertiary/aromatic N) is 3. The summed E-state index contributed by atoms with van der Waals surface area (Å²) < 4.78 is 13.6. The van der Waals surface area contributed by atoms with Gasteiger partial charge in [-0.05, 0) is 69.0 Å². The summed E-state index contributed by atoms with van der Waals surface area (Å²) in [6.07, 6.45) is 5.81. The van der Waals surface area contributed by atoms with Gasteiger partial charge >= 0.3 is 0 Å². The molecule has 3 aromatic rings. The zero-order chi connectivity index (χ0) is 24.0. The van der Waals surface area contributed by atoms with Gasteiger partial charge in [0.2, 0.25) is 0 Å². The van der Waals surface area contributed by atoms with Crippen molar-refractivity contribution in [2.24, 2.45) is 0 Å². The second kappa shape index (κ2) is 11.3. The van der Waals surface area contributed by atoms with Gasteiger partial charge in [0.25, 0.3) is 0 Å². The average Bonchev–Trinajstić information content (AvgIpc) is 3.13. The molecule has 0 amide bonds. The van der Waals surface area contributed by atoms with Crippen LogP contribution < -0.4 is 9.47 Å². The van der Waals surface area contributed by atoms with Crippen LogP contribution in [-0.2, 0) is 13.1 Å². The molecule has 6 nitrogen and oxygen atoms in total. The van der Waals surface area contributed by atoms with Crippen LogP contribution in [0.1, 0.15) is 36.0 Å². The van der Waals surface area contributed by atoms with E-state index in [1.807, 2.05) is 31.2 Å². The number of hydrogen-bond donors (Lipinski definition) is 1. The number of halogens is 1. The molecule has 0 radical (unpaired) electrons. The molecule has 1 N–H and O–H groups in total. The normalized spacial score (nSPS) is 19.1. The van der Waals surface area contributed by atoms with E-state index < -0.39 is 5.60 Å². The molecule has 4 rings (SSSR count). The summed E-state index contributed by atoms with van der Waals surface area (Å²) in [6.45, 7) is 8.32. The van der Waals surface area contributed by atoms with E-state index in [-0.39, 0.29) is 0 Å². The van der Waals surface area contributed by atoms with E-state index in [2.05, 4.69) is 35.1 Å². The molecule has 1 atom stereocenters. The van der Waals surface area contributed by atoms with Crippen molar-refractivity contribution >= 4 is 11.6 Å². The summed E-state index contributed by atoms with van der Waals surface area (Å²) >= 11 is 5.88. The second-order valence-corrected chi connectivity index (χ2v) is 9.76. The number of hydrogen-bond acceptors (Lipinski definition) is 5. The predicted octanol–water partition coefficient (Wildman–Crippen LogP) is 5.03. The van der Waals surface area contributed by atoms with Crippen molar-refractivity contribution in [1.29, 1.82) is 0 Å². The summed E-state index contributed by atoms with van der Waals surface area (Å²) in [5.74, 6) is 1.70. The Morgan fingerprint density at radius 2 is 1.88 bits per heavy atom. The van der Waals surface area contributed by atoms with Crippen LogP contribution in [-0.4, -0.2) is 51.7 Å². The Kier molecular flexibility index (Phi) is 8.14. The molecule has 1 saturated heterocycles. The summed E-state index contributed by atoms with van der Waals surface area (Å²) in [6, 6.07) is 14.4. The third kappa shape index (κ3) is 6.98. The van der Waals surface area contributed by atoms with Crippen LogP contribution >= 0.6 is 11.6 Å². The van der Waals surface area contributed by atoms with Gasteiger partial charge in [-0.15, -0.1) is 0 Å². The first kappa shape index (κ1) is 24.6. The number of aromatic nitrogens is 2. The van der Waals surface area contributed by atoms with Crippen molar-refractivity contribution in [1.82, 2.24) is 14.7 Å². The quantitative estimate of drug-likeness (QED) is 0.462. The number of likely N-dealkylation sites (tertiary alicyclic amines) is 1. The highest BCUT2D eigenvalue weighted by Gasteiger charge is 2.31. The molecule has 2 heterocycles. The van der Waals surface area contributed by atoms with Crippen LogP contribution in [0.2, 0.25) is 5.02 Å². The molecule has 34 heavy (non-hydrogen) atoms. The Labute approximate surface area is 207 Å². The minimum atomic E-state index is -0.789. The van der Waals surface area contributed by atoms with E-state index >= 15 is 0 Å². The molecule has 7 heteroatoms. The molecular weight excluding hydrogens is 450 g/mol. The summed E-state index contributed by atoms with van der Waals surface area (Å²) in [4.78, 5) is 2.41. The fraction of sp³-hybridized carbons (Fsp3) is 0.444. The van der Waals surface area contributed by atoms with Gasteiger partial charge in [0.15, 0.2) is 0 Å². The van der Waals surface area contributed by atoms with Crippen LogP contribution in [0.4, 0.5) is 0 Å². The topological polar surface area (TPSA) is 59.8 Å². The lowest BCUT2D eigenvalue weighted by Gasteiger charge is -2.27. The van der Waals surface area contributed by atoms with Gasteiger partial charge in [-0.1, -0.05) is 41.4 Å². The van der Waals surface area contributed by atoms with E-state index in [9.17, 15) is 5.11 Å². The first-order valence-corrected chi connectivity index (χ1v) is 12.3. The lowest BCUT2D eigenvalue weighted by atomic mass is 9.96. The molecule has 2 aromatic carbocycles. The number of benzene rings is 2. The van der Waals surface area contributed by atoms with Gasteiger partial charge < -0.3 is 14.6 Å². The number of aryl methyl sites for hydroxylation is 2. The molecule has 0 unspecified atom stereocenters. The maximum absolute atomic E-state index is 11.2. The van der Waals surface area contributed by atoms with Crippen LogP contribution in [0.25, 0.3) is 0 Å². The van der Waals surface area contributed by atoms with Gasteiger partial charge in [-0.3, -0.25) is 9.58 Å². The van der Waals surface area contributed by atoms with E-state index in [4.69, 9.17) is 21.1 Å². The van der Waals surface area contributed by atoms with Gasteiger partial charge in [-0.25, -0.2) is 0 Å². The Morgan fingerprint density at radius 1 is 1.06 bits per heavy atom. The van der Waals surface area contributed by atoms with Crippen molar-refractivity contribution in [3.8, 4) is 11.5 Å². The molecule has 0 bridgehead atoms. The molecule has 0 spiro atoms.